The lowest BCUT2D eigenvalue weighted by molar-refractivity contribution is -0.120. The molecule has 0 saturated heterocycles. The molecule has 0 fully saturated rings. The second-order valence-corrected chi connectivity index (χ2v) is 6.83. The van der Waals surface area contributed by atoms with Crippen molar-refractivity contribution in [3.63, 3.8) is 0 Å². The minimum atomic E-state index is -0.601. The number of aliphatic hydroxyl groups excluding tert-OH is 1. The number of aliphatic imine (C=N–C) groups is 1. The molecule has 0 bridgehead atoms. The predicted octanol–water partition coefficient (Wildman–Crippen LogP) is 2.10. The summed E-state index contributed by atoms with van der Waals surface area (Å²) in [6.07, 6.45) is 0.841. The first-order valence-corrected chi connectivity index (χ1v) is 9.92. The number of anilines is 2. The molecule has 2 N–H and O–H groups in total. The van der Waals surface area contributed by atoms with Crippen molar-refractivity contribution in [2.45, 2.75) is 33.7 Å². The van der Waals surface area contributed by atoms with E-state index in [0.29, 0.717) is 30.2 Å². The third kappa shape index (κ3) is 5.04. The fourth-order valence-electron chi connectivity index (χ4n) is 3.23. The largest absolute Gasteiger partial charge is 0.387 e. The number of aliphatic hydroxyl groups is 1. The normalized spacial score (nSPS) is 10.6. The van der Waals surface area contributed by atoms with Gasteiger partial charge in [0, 0.05) is 20.1 Å². The Hall–Kier alpha value is -3.20. The minimum absolute atomic E-state index is 0.213. The number of hydrogen-bond donors (Lipinski definition) is 2. The van der Waals surface area contributed by atoms with Crippen LogP contribution in [0.2, 0.25) is 0 Å². The fourth-order valence-corrected chi connectivity index (χ4v) is 3.23. The highest BCUT2D eigenvalue weighted by molar-refractivity contribution is 5.99. The number of rotatable bonds is 10. The molecule has 0 aliphatic carbocycles. The second kappa shape index (κ2) is 10.5. The van der Waals surface area contributed by atoms with Gasteiger partial charge in [0.15, 0.2) is 0 Å². The van der Waals surface area contributed by atoms with Gasteiger partial charge in [0.2, 0.25) is 0 Å². The van der Waals surface area contributed by atoms with E-state index >= 15 is 0 Å². The van der Waals surface area contributed by atoms with E-state index in [2.05, 4.69) is 22.1 Å². The van der Waals surface area contributed by atoms with Crippen molar-refractivity contribution in [2.75, 3.05) is 36.7 Å². The van der Waals surface area contributed by atoms with E-state index in [1.807, 2.05) is 31.7 Å². The number of hydrogen-bond acceptors (Lipinski definition) is 6. The molecule has 1 aromatic heterocycles. The molecule has 9 heteroatoms. The van der Waals surface area contributed by atoms with Crippen LogP contribution in [-0.2, 0) is 11.3 Å². The first-order chi connectivity index (χ1) is 14.4. The molecule has 162 valence electrons. The molecule has 1 heterocycles. The van der Waals surface area contributed by atoms with Crippen LogP contribution in [0.3, 0.4) is 0 Å². The van der Waals surface area contributed by atoms with Gasteiger partial charge in [0.1, 0.15) is 18.0 Å². The number of amides is 2. The van der Waals surface area contributed by atoms with Crippen molar-refractivity contribution >= 4 is 35.6 Å². The van der Waals surface area contributed by atoms with Crippen LogP contribution in [-0.4, -0.2) is 60.3 Å². The van der Waals surface area contributed by atoms with Crippen LogP contribution in [0, 0.1) is 6.92 Å². The van der Waals surface area contributed by atoms with Crippen LogP contribution in [0.4, 0.5) is 17.1 Å². The number of carbonyl (C=O) groups excluding carboxylic acids is 2. The fraction of sp³-hybridized carbons (Fsp3) is 0.429. The lowest BCUT2D eigenvalue weighted by Gasteiger charge is -2.28. The van der Waals surface area contributed by atoms with Crippen molar-refractivity contribution < 1.29 is 14.7 Å². The van der Waals surface area contributed by atoms with Gasteiger partial charge >= 0.3 is 0 Å². The zero-order chi connectivity index (χ0) is 22.3. The SMILES string of the molecule is C=Nc1c(N(CCC)CNC(=O)c2cc(C)nn2CC)cccc1N(C)C(=O)CO. The third-order valence-corrected chi connectivity index (χ3v) is 4.72. The average Bonchev–Trinajstić information content (AvgIpc) is 3.15. The first kappa shape index (κ1) is 23.1. The van der Waals surface area contributed by atoms with Crippen molar-refractivity contribution in [1.29, 1.82) is 0 Å². The maximum atomic E-state index is 12.7. The van der Waals surface area contributed by atoms with Crippen molar-refractivity contribution in [1.82, 2.24) is 15.1 Å². The molecule has 0 unspecified atom stereocenters. The van der Waals surface area contributed by atoms with Crippen molar-refractivity contribution in [3.8, 4) is 0 Å². The van der Waals surface area contributed by atoms with Gasteiger partial charge in [-0.25, -0.2) is 0 Å². The monoisotopic (exact) mass is 414 g/mol. The van der Waals surface area contributed by atoms with E-state index < -0.39 is 12.5 Å². The smallest absolute Gasteiger partial charge is 0.270 e. The Balaban J connectivity index is 2.30. The van der Waals surface area contributed by atoms with E-state index in [9.17, 15) is 14.7 Å². The summed E-state index contributed by atoms with van der Waals surface area (Å²) in [5, 5.41) is 16.5. The number of nitrogens with one attached hydrogen (secondary N) is 1. The highest BCUT2D eigenvalue weighted by atomic mass is 16.3. The summed E-state index contributed by atoms with van der Waals surface area (Å²) in [4.78, 5) is 32.1. The van der Waals surface area contributed by atoms with Gasteiger partial charge < -0.3 is 20.2 Å². The molecule has 9 nitrogen and oxygen atoms in total. The predicted molar refractivity (Wildman–Crippen MR) is 119 cm³/mol. The molecule has 2 rings (SSSR count). The summed E-state index contributed by atoms with van der Waals surface area (Å²) in [6.45, 7) is 10.4. The van der Waals surface area contributed by atoms with Crippen LogP contribution in [0.1, 0.15) is 36.5 Å². The van der Waals surface area contributed by atoms with Gasteiger partial charge in [-0.15, -0.1) is 0 Å². The lowest BCUT2D eigenvalue weighted by atomic mass is 10.2. The molecule has 0 spiro atoms. The van der Waals surface area contributed by atoms with E-state index in [0.717, 1.165) is 17.8 Å². The van der Waals surface area contributed by atoms with Crippen LogP contribution >= 0.6 is 0 Å². The molecular formula is C21H30N6O3. The van der Waals surface area contributed by atoms with E-state index in [1.54, 1.807) is 29.9 Å². The van der Waals surface area contributed by atoms with Gasteiger partial charge in [0.05, 0.1) is 23.7 Å². The van der Waals surface area contributed by atoms with Gasteiger partial charge in [-0.05, 0) is 45.2 Å². The van der Waals surface area contributed by atoms with Crippen LogP contribution in [0.5, 0.6) is 0 Å². The molecule has 0 aliphatic rings. The van der Waals surface area contributed by atoms with Gasteiger partial charge in [-0.3, -0.25) is 19.3 Å². The van der Waals surface area contributed by atoms with E-state index in [-0.39, 0.29) is 12.6 Å². The molecule has 0 saturated carbocycles. The number of carbonyl (C=O) groups is 2. The summed E-state index contributed by atoms with van der Waals surface area (Å²) < 4.78 is 1.67. The summed E-state index contributed by atoms with van der Waals surface area (Å²) >= 11 is 0. The molecule has 30 heavy (non-hydrogen) atoms. The molecule has 0 aliphatic heterocycles. The number of aromatic nitrogens is 2. The van der Waals surface area contributed by atoms with Gasteiger partial charge in [-0.1, -0.05) is 13.0 Å². The van der Waals surface area contributed by atoms with Crippen LogP contribution < -0.4 is 15.1 Å². The number of nitrogens with zero attached hydrogens (tertiary/aromatic N) is 5. The molecular weight excluding hydrogens is 384 g/mol. The minimum Gasteiger partial charge on any atom is -0.387 e. The number of aryl methyl sites for hydroxylation is 2. The Bertz CT molecular complexity index is 908. The molecule has 0 atom stereocenters. The van der Waals surface area contributed by atoms with Crippen LogP contribution in [0.25, 0.3) is 0 Å². The molecule has 2 aromatic rings. The third-order valence-electron chi connectivity index (χ3n) is 4.72. The summed E-state index contributed by atoms with van der Waals surface area (Å²) in [6, 6.07) is 7.18. The quantitative estimate of drug-likeness (QED) is 0.458. The zero-order valence-electron chi connectivity index (χ0n) is 18.1. The van der Waals surface area contributed by atoms with E-state index in [1.165, 1.54) is 4.90 Å². The molecule has 2 amide bonds. The summed E-state index contributed by atoms with van der Waals surface area (Å²) in [5.41, 5.74) is 3.08. The topological polar surface area (TPSA) is 103 Å². The maximum Gasteiger partial charge on any atom is 0.270 e. The molecule has 1 aromatic carbocycles. The van der Waals surface area contributed by atoms with E-state index in [4.69, 9.17) is 0 Å². The van der Waals surface area contributed by atoms with Crippen molar-refractivity contribution in [2.24, 2.45) is 4.99 Å². The number of para-hydroxylation sites is 1. The maximum absolute atomic E-state index is 12.7. The summed E-state index contributed by atoms with van der Waals surface area (Å²) in [5.74, 6) is -0.661. The zero-order valence-corrected chi connectivity index (χ0v) is 18.1. The van der Waals surface area contributed by atoms with Gasteiger partial charge in [-0.2, -0.15) is 5.10 Å². The Morgan fingerprint density at radius 1 is 1.30 bits per heavy atom. The Morgan fingerprint density at radius 2 is 2.00 bits per heavy atom. The Morgan fingerprint density at radius 3 is 2.60 bits per heavy atom. The van der Waals surface area contributed by atoms with Crippen LogP contribution in [0.15, 0.2) is 29.3 Å². The van der Waals surface area contributed by atoms with Gasteiger partial charge in [0.25, 0.3) is 11.8 Å². The second-order valence-electron chi connectivity index (χ2n) is 6.83. The first-order valence-electron chi connectivity index (χ1n) is 9.92. The average molecular weight is 415 g/mol. The molecule has 0 radical (unpaired) electrons. The van der Waals surface area contributed by atoms with Crippen molar-refractivity contribution in [3.05, 3.63) is 35.7 Å². The number of likely N-dealkylation sites (N-methyl/N-ethyl adjacent to an activating group) is 1. The highest BCUT2D eigenvalue weighted by Gasteiger charge is 2.20. The standard InChI is InChI=1S/C21H30N6O3/c1-6-11-26(14-23-21(30)18-12-15(3)24-27(18)7-2)17-10-8-9-16(20(17)22-4)25(5)19(29)13-28/h8-10,12,28H,4,6-7,11,13-14H2,1-3,5H3,(H,23,30). The number of benzene rings is 1. The Labute approximate surface area is 177 Å². The summed E-state index contributed by atoms with van der Waals surface area (Å²) in [7, 11) is 1.58. The Kier molecular flexibility index (Phi) is 8.11. The lowest BCUT2D eigenvalue weighted by Crippen LogP contribution is -2.39. The highest BCUT2D eigenvalue weighted by Crippen LogP contribution is 2.37.